The van der Waals surface area contributed by atoms with Gasteiger partial charge in [-0.3, -0.25) is 9.48 Å². The topological polar surface area (TPSA) is 47.4 Å². The quantitative estimate of drug-likeness (QED) is 0.517. The van der Waals surface area contributed by atoms with Crippen LogP contribution in [0.5, 0.6) is 5.75 Å². The van der Waals surface area contributed by atoms with Crippen LogP contribution in [0, 0.1) is 6.92 Å². The zero-order valence-corrected chi connectivity index (χ0v) is 18.0. The van der Waals surface area contributed by atoms with Crippen molar-refractivity contribution in [3.05, 3.63) is 68.1 Å². The Morgan fingerprint density at radius 3 is 2.74 bits per heavy atom. The second-order valence-electron chi connectivity index (χ2n) is 6.36. The molecular formula is C20H22BrN3O2S. The lowest BCUT2D eigenvalue weighted by Gasteiger charge is -2.15. The van der Waals surface area contributed by atoms with Crippen molar-refractivity contribution in [1.82, 2.24) is 14.7 Å². The predicted molar refractivity (Wildman–Crippen MR) is 111 cm³/mol. The highest BCUT2D eigenvalue weighted by Gasteiger charge is 2.17. The SMILES string of the molecule is CCn1cc(Br)c(CN(C)C(=O)c2cc(COc3ccc(C)cc3)cs2)n1. The number of nitrogens with zero attached hydrogens (tertiary/aromatic N) is 3. The van der Waals surface area contributed by atoms with Crippen LogP contribution in [0.2, 0.25) is 0 Å². The summed E-state index contributed by atoms with van der Waals surface area (Å²) in [5.41, 5.74) is 3.05. The summed E-state index contributed by atoms with van der Waals surface area (Å²) >= 11 is 4.95. The van der Waals surface area contributed by atoms with E-state index in [1.54, 1.807) is 11.9 Å². The molecule has 0 spiro atoms. The number of hydrogen-bond donors (Lipinski definition) is 0. The predicted octanol–water partition coefficient (Wildman–Crippen LogP) is 4.89. The molecule has 0 saturated carbocycles. The molecule has 2 aromatic heterocycles. The summed E-state index contributed by atoms with van der Waals surface area (Å²) in [4.78, 5) is 15.1. The number of aryl methyl sites for hydroxylation is 2. The number of aromatic nitrogens is 2. The number of carbonyl (C=O) groups excluding carboxylic acids is 1. The van der Waals surface area contributed by atoms with Crippen molar-refractivity contribution in [3.63, 3.8) is 0 Å². The maximum Gasteiger partial charge on any atom is 0.264 e. The maximum atomic E-state index is 12.7. The Hall–Kier alpha value is -2.12. The molecular weight excluding hydrogens is 426 g/mol. The molecule has 1 aromatic carbocycles. The van der Waals surface area contributed by atoms with Crippen molar-refractivity contribution in [2.45, 2.75) is 33.5 Å². The summed E-state index contributed by atoms with van der Waals surface area (Å²) in [5, 5.41) is 6.45. The first-order chi connectivity index (χ1) is 13.0. The highest BCUT2D eigenvalue weighted by Crippen LogP contribution is 2.21. The average molecular weight is 448 g/mol. The van der Waals surface area contributed by atoms with E-state index in [0.29, 0.717) is 18.0 Å². The van der Waals surface area contributed by atoms with Gasteiger partial charge in [0.25, 0.3) is 5.91 Å². The third-order valence-electron chi connectivity index (χ3n) is 4.14. The average Bonchev–Trinajstić information content (AvgIpc) is 3.27. The van der Waals surface area contributed by atoms with Crippen molar-refractivity contribution in [2.24, 2.45) is 0 Å². The van der Waals surface area contributed by atoms with E-state index in [-0.39, 0.29) is 5.91 Å². The van der Waals surface area contributed by atoms with E-state index < -0.39 is 0 Å². The number of hydrogen-bond acceptors (Lipinski definition) is 4. The minimum atomic E-state index is -0.0143. The van der Waals surface area contributed by atoms with Gasteiger partial charge in [0.15, 0.2) is 0 Å². The number of thiophene rings is 1. The van der Waals surface area contributed by atoms with E-state index in [1.807, 2.05) is 60.4 Å². The minimum Gasteiger partial charge on any atom is -0.489 e. The highest BCUT2D eigenvalue weighted by atomic mass is 79.9. The van der Waals surface area contributed by atoms with Crippen molar-refractivity contribution in [1.29, 1.82) is 0 Å². The molecule has 0 saturated heterocycles. The summed E-state index contributed by atoms with van der Waals surface area (Å²) in [5.74, 6) is 0.813. The number of amides is 1. The molecule has 3 aromatic rings. The van der Waals surface area contributed by atoms with E-state index in [9.17, 15) is 4.79 Å². The Balaban J connectivity index is 1.59. The normalized spacial score (nSPS) is 10.8. The van der Waals surface area contributed by atoms with Crippen LogP contribution in [-0.2, 0) is 19.7 Å². The standard InChI is InChI=1S/C20H22BrN3O2S/c1-4-24-10-17(21)18(22-24)11-23(3)20(25)19-9-15(13-27-19)12-26-16-7-5-14(2)6-8-16/h5-10,13H,4,11-12H2,1-3H3. The second-order valence-corrected chi connectivity index (χ2v) is 8.13. The monoisotopic (exact) mass is 447 g/mol. The van der Waals surface area contributed by atoms with E-state index >= 15 is 0 Å². The molecule has 0 fully saturated rings. The van der Waals surface area contributed by atoms with Crippen LogP contribution < -0.4 is 4.74 Å². The lowest BCUT2D eigenvalue weighted by molar-refractivity contribution is 0.0787. The molecule has 0 bridgehead atoms. The molecule has 2 heterocycles. The van der Waals surface area contributed by atoms with E-state index in [4.69, 9.17) is 4.74 Å². The molecule has 142 valence electrons. The van der Waals surface area contributed by atoms with Crippen LogP contribution in [-0.4, -0.2) is 27.6 Å². The van der Waals surface area contributed by atoms with Gasteiger partial charge < -0.3 is 9.64 Å². The molecule has 0 aliphatic rings. The number of rotatable bonds is 7. The lowest BCUT2D eigenvalue weighted by Crippen LogP contribution is -2.25. The number of benzene rings is 1. The van der Waals surface area contributed by atoms with Crippen LogP contribution in [0.1, 0.15) is 33.4 Å². The third-order valence-corrected chi connectivity index (χ3v) is 5.77. The van der Waals surface area contributed by atoms with Gasteiger partial charge in [0.05, 0.1) is 21.6 Å². The lowest BCUT2D eigenvalue weighted by atomic mass is 10.2. The molecule has 0 aliphatic heterocycles. The first-order valence-electron chi connectivity index (χ1n) is 8.70. The maximum absolute atomic E-state index is 12.7. The van der Waals surface area contributed by atoms with Crippen molar-refractivity contribution >= 4 is 33.2 Å². The second kappa shape index (κ2) is 8.71. The summed E-state index contributed by atoms with van der Waals surface area (Å²) in [7, 11) is 1.79. The number of ether oxygens (including phenoxy) is 1. The Bertz CT molecular complexity index is 918. The van der Waals surface area contributed by atoms with E-state index in [1.165, 1.54) is 16.9 Å². The zero-order valence-electron chi connectivity index (χ0n) is 15.6. The Morgan fingerprint density at radius 1 is 1.33 bits per heavy atom. The van der Waals surface area contributed by atoms with Crippen molar-refractivity contribution in [2.75, 3.05) is 7.05 Å². The Labute approximate surface area is 171 Å². The van der Waals surface area contributed by atoms with Crippen LogP contribution in [0.15, 0.2) is 46.4 Å². The molecule has 3 rings (SSSR count). The fraction of sp³-hybridized carbons (Fsp3) is 0.300. The first-order valence-corrected chi connectivity index (χ1v) is 10.4. The van der Waals surface area contributed by atoms with Gasteiger partial charge in [-0.25, -0.2) is 0 Å². The van der Waals surface area contributed by atoms with Gasteiger partial charge in [0, 0.05) is 25.4 Å². The molecule has 0 atom stereocenters. The molecule has 0 aliphatic carbocycles. The molecule has 27 heavy (non-hydrogen) atoms. The molecule has 5 nitrogen and oxygen atoms in total. The Kier molecular flexibility index (Phi) is 6.34. The summed E-state index contributed by atoms with van der Waals surface area (Å²) in [6.07, 6.45) is 1.93. The highest BCUT2D eigenvalue weighted by molar-refractivity contribution is 9.10. The van der Waals surface area contributed by atoms with Crippen LogP contribution in [0.4, 0.5) is 0 Å². The molecule has 7 heteroatoms. The van der Waals surface area contributed by atoms with Gasteiger partial charge in [0.2, 0.25) is 0 Å². The molecule has 1 amide bonds. The fourth-order valence-corrected chi connectivity index (χ4v) is 3.89. The van der Waals surface area contributed by atoms with Crippen molar-refractivity contribution in [3.8, 4) is 5.75 Å². The number of halogens is 1. The van der Waals surface area contributed by atoms with Crippen molar-refractivity contribution < 1.29 is 9.53 Å². The fourth-order valence-electron chi connectivity index (χ4n) is 2.56. The summed E-state index contributed by atoms with van der Waals surface area (Å²) in [6, 6.07) is 9.84. The smallest absolute Gasteiger partial charge is 0.264 e. The molecule has 0 N–H and O–H groups in total. The van der Waals surface area contributed by atoms with Gasteiger partial charge >= 0.3 is 0 Å². The van der Waals surface area contributed by atoms with Gasteiger partial charge in [-0.15, -0.1) is 11.3 Å². The zero-order chi connectivity index (χ0) is 19.4. The minimum absolute atomic E-state index is 0.0143. The third kappa shape index (κ3) is 4.99. The first kappa shape index (κ1) is 19.6. The van der Waals surface area contributed by atoms with Crippen LogP contribution in [0.3, 0.4) is 0 Å². The largest absolute Gasteiger partial charge is 0.489 e. The molecule has 0 unspecified atom stereocenters. The van der Waals surface area contributed by atoms with E-state index in [2.05, 4.69) is 21.0 Å². The van der Waals surface area contributed by atoms with E-state index in [0.717, 1.165) is 28.0 Å². The molecule has 0 radical (unpaired) electrons. The van der Waals surface area contributed by atoms with Gasteiger partial charge in [0.1, 0.15) is 12.4 Å². The van der Waals surface area contributed by atoms with Gasteiger partial charge in [-0.2, -0.15) is 5.10 Å². The Morgan fingerprint density at radius 2 is 2.07 bits per heavy atom. The van der Waals surface area contributed by atoms with Gasteiger partial charge in [-0.05, 0) is 53.4 Å². The summed E-state index contributed by atoms with van der Waals surface area (Å²) < 4.78 is 8.56. The number of carbonyl (C=O) groups is 1. The van der Waals surface area contributed by atoms with Gasteiger partial charge in [-0.1, -0.05) is 17.7 Å². The summed E-state index contributed by atoms with van der Waals surface area (Å²) in [6.45, 7) is 5.78. The van der Waals surface area contributed by atoms with Crippen LogP contribution in [0.25, 0.3) is 0 Å². The van der Waals surface area contributed by atoms with Crippen LogP contribution >= 0.6 is 27.3 Å².